The molecule has 3 N–H and O–H groups in total. The standard InChI is InChI=1S/C16H21N3O4S2/c1-23-10-9-17-7-8-18-16(20)13-4-2-5-14(12-13)19-25(21,22)15-6-3-11-24-15/h2-6,11-12,17,19H,7-10H2,1H3,(H,18,20). The van der Waals surface area contributed by atoms with Crippen LogP contribution >= 0.6 is 11.3 Å². The van der Waals surface area contributed by atoms with E-state index < -0.39 is 10.0 Å². The van der Waals surface area contributed by atoms with Gasteiger partial charge in [0.25, 0.3) is 15.9 Å². The van der Waals surface area contributed by atoms with Crippen molar-refractivity contribution in [2.75, 3.05) is 38.1 Å². The molecular formula is C16H21N3O4S2. The van der Waals surface area contributed by atoms with E-state index in [1.54, 1.807) is 36.8 Å². The predicted octanol–water partition coefficient (Wildman–Crippen LogP) is 1.51. The van der Waals surface area contributed by atoms with E-state index in [9.17, 15) is 13.2 Å². The molecule has 0 saturated carbocycles. The van der Waals surface area contributed by atoms with Crippen molar-refractivity contribution in [1.82, 2.24) is 10.6 Å². The van der Waals surface area contributed by atoms with Gasteiger partial charge in [-0.15, -0.1) is 11.3 Å². The molecule has 1 aromatic carbocycles. The van der Waals surface area contributed by atoms with Gasteiger partial charge >= 0.3 is 0 Å². The van der Waals surface area contributed by atoms with Crippen LogP contribution in [0.2, 0.25) is 0 Å². The van der Waals surface area contributed by atoms with Gasteiger partial charge in [-0.1, -0.05) is 12.1 Å². The first-order valence-electron chi connectivity index (χ1n) is 7.67. The normalized spacial score (nSPS) is 11.2. The van der Waals surface area contributed by atoms with Gasteiger partial charge in [-0.05, 0) is 29.6 Å². The van der Waals surface area contributed by atoms with Crippen LogP contribution in [0.4, 0.5) is 5.69 Å². The zero-order chi connectivity index (χ0) is 18.1. The van der Waals surface area contributed by atoms with Gasteiger partial charge in [0, 0.05) is 38.0 Å². The monoisotopic (exact) mass is 383 g/mol. The largest absolute Gasteiger partial charge is 0.383 e. The Labute approximate surface area is 151 Å². The molecule has 0 bridgehead atoms. The summed E-state index contributed by atoms with van der Waals surface area (Å²) in [6.45, 7) is 2.42. The second-order valence-corrected chi connectivity index (χ2v) is 7.97. The average Bonchev–Trinajstić information content (AvgIpc) is 3.13. The lowest BCUT2D eigenvalue weighted by molar-refractivity contribution is 0.0953. The summed E-state index contributed by atoms with van der Waals surface area (Å²) in [6.07, 6.45) is 0. The van der Waals surface area contributed by atoms with Crippen LogP contribution in [0.25, 0.3) is 0 Å². The van der Waals surface area contributed by atoms with E-state index in [-0.39, 0.29) is 10.1 Å². The van der Waals surface area contributed by atoms with Crippen molar-refractivity contribution in [3.8, 4) is 0 Å². The minimum Gasteiger partial charge on any atom is -0.383 e. The Bertz CT molecular complexity index is 776. The first-order valence-corrected chi connectivity index (χ1v) is 10.0. The molecule has 1 aromatic heterocycles. The van der Waals surface area contributed by atoms with Crippen molar-refractivity contribution >= 4 is 33.0 Å². The number of thiophene rings is 1. The summed E-state index contributed by atoms with van der Waals surface area (Å²) in [5.74, 6) is -0.259. The highest BCUT2D eigenvalue weighted by molar-refractivity contribution is 7.94. The van der Waals surface area contributed by atoms with Crippen LogP contribution in [0.5, 0.6) is 0 Å². The Morgan fingerprint density at radius 3 is 2.72 bits per heavy atom. The van der Waals surface area contributed by atoms with Crippen LogP contribution in [-0.2, 0) is 14.8 Å². The molecule has 1 amide bonds. The van der Waals surface area contributed by atoms with Gasteiger partial charge in [0.2, 0.25) is 0 Å². The van der Waals surface area contributed by atoms with Crippen LogP contribution in [-0.4, -0.2) is 47.7 Å². The third kappa shape index (κ3) is 6.13. The maximum atomic E-state index is 12.2. The molecule has 7 nitrogen and oxygen atoms in total. The smallest absolute Gasteiger partial charge is 0.271 e. The molecule has 0 aliphatic rings. The Balaban J connectivity index is 1.91. The molecule has 0 aliphatic heterocycles. The molecule has 0 unspecified atom stereocenters. The molecule has 1 heterocycles. The van der Waals surface area contributed by atoms with Gasteiger partial charge in [-0.25, -0.2) is 8.42 Å². The van der Waals surface area contributed by atoms with Crippen LogP contribution in [0.3, 0.4) is 0 Å². The molecule has 0 fully saturated rings. The Hall–Kier alpha value is -1.94. The number of methoxy groups -OCH3 is 1. The molecule has 0 radical (unpaired) electrons. The predicted molar refractivity (Wildman–Crippen MR) is 98.6 cm³/mol. The molecule has 2 aromatic rings. The molecule has 2 rings (SSSR count). The average molecular weight is 383 g/mol. The van der Waals surface area contributed by atoms with Crippen molar-refractivity contribution in [2.24, 2.45) is 0 Å². The topological polar surface area (TPSA) is 96.5 Å². The number of carbonyl (C=O) groups excluding carboxylic acids is 1. The second kappa shape index (κ2) is 9.52. The first-order chi connectivity index (χ1) is 12.0. The minimum absolute atomic E-state index is 0.226. The highest BCUT2D eigenvalue weighted by atomic mass is 32.2. The summed E-state index contributed by atoms with van der Waals surface area (Å²) < 4.78 is 32.1. The molecule has 0 atom stereocenters. The number of hydrogen-bond acceptors (Lipinski definition) is 6. The number of ether oxygens (including phenoxy) is 1. The lowest BCUT2D eigenvalue weighted by atomic mass is 10.2. The van der Waals surface area contributed by atoms with Crippen LogP contribution in [0.1, 0.15) is 10.4 Å². The molecule has 0 spiro atoms. The van der Waals surface area contributed by atoms with E-state index in [1.165, 1.54) is 12.1 Å². The van der Waals surface area contributed by atoms with Gasteiger partial charge in [0.15, 0.2) is 0 Å². The SMILES string of the molecule is COCCNCCNC(=O)c1cccc(NS(=O)(=O)c2cccs2)c1. The minimum atomic E-state index is -3.63. The maximum absolute atomic E-state index is 12.2. The Kier molecular flexibility index (Phi) is 7.38. The first kappa shape index (κ1) is 19.4. The number of anilines is 1. The summed E-state index contributed by atoms with van der Waals surface area (Å²) in [4.78, 5) is 12.1. The molecule has 0 saturated heterocycles. The molecular weight excluding hydrogens is 362 g/mol. The third-order valence-electron chi connectivity index (χ3n) is 3.21. The fourth-order valence-corrected chi connectivity index (χ4v) is 4.05. The quantitative estimate of drug-likeness (QED) is 0.541. The maximum Gasteiger partial charge on any atom is 0.271 e. The highest BCUT2D eigenvalue weighted by Gasteiger charge is 2.15. The van der Waals surface area contributed by atoms with E-state index in [0.717, 1.165) is 11.3 Å². The molecule has 25 heavy (non-hydrogen) atoms. The number of sulfonamides is 1. The van der Waals surface area contributed by atoms with E-state index >= 15 is 0 Å². The highest BCUT2D eigenvalue weighted by Crippen LogP contribution is 2.20. The van der Waals surface area contributed by atoms with Crippen molar-refractivity contribution < 1.29 is 17.9 Å². The zero-order valence-electron chi connectivity index (χ0n) is 13.8. The van der Waals surface area contributed by atoms with E-state index in [0.29, 0.717) is 37.5 Å². The summed E-state index contributed by atoms with van der Waals surface area (Å²) in [6, 6.07) is 9.59. The van der Waals surface area contributed by atoms with Gasteiger partial charge < -0.3 is 15.4 Å². The number of nitrogens with one attached hydrogen (secondary N) is 3. The van der Waals surface area contributed by atoms with Crippen molar-refractivity contribution in [2.45, 2.75) is 4.21 Å². The number of benzene rings is 1. The summed E-state index contributed by atoms with van der Waals surface area (Å²) >= 11 is 1.13. The van der Waals surface area contributed by atoms with Crippen LogP contribution in [0, 0.1) is 0 Å². The summed E-state index contributed by atoms with van der Waals surface area (Å²) in [7, 11) is -2.00. The van der Waals surface area contributed by atoms with Gasteiger partial charge in [-0.3, -0.25) is 9.52 Å². The van der Waals surface area contributed by atoms with E-state index in [1.807, 2.05) is 0 Å². The number of rotatable bonds is 10. The van der Waals surface area contributed by atoms with E-state index in [2.05, 4.69) is 15.4 Å². The lowest BCUT2D eigenvalue weighted by Gasteiger charge is -2.09. The van der Waals surface area contributed by atoms with Gasteiger partial charge in [-0.2, -0.15) is 0 Å². The van der Waals surface area contributed by atoms with Crippen molar-refractivity contribution in [3.63, 3.8) is 0 Å². The molecule has 136 valence electrons. The second-order valence-electron chi connectivity index (χ2n) is 5.12. The van der Waals surface area contributed by atoms with Gasteiger partial charge in [0.1, 0.15) is 4.21 Å². The van der Waals surface area contributed by atoms with Crippen LogP contribution < -0.4 is 15.4 Å². The molecule has 0 aliphatic carbocycles. The summed E-state index contributed by atoms with van der Waals surface area (Å²) in [5, 5.41) is 7.59. The zero-order valence-corrected chi connectivity index (χ0v) is 15.5. The van der Waals surface area contributed by atoms with Crippen LogP contribution in [0.15, 0.2) is 46.0 Å². The fourth-order valence-electron chi connectivity index (χ4n) is 2.01. The Morgan fingerprint density at radius 2 is 2.00 bits per heavy atom. The lowest BCUT2D eigenvalue weighted by Crippen LogP contribution is -2.33. The Morgan fingerprint density at radius 1 is 1.16 bits per heavy atom. The number of carbonyl (C=O) groups is 1. The van der Waals surface area contributed by atoms with Crippen molar-refractivity contribution in [1.29, 1.82) is 0 Å². The van der Waals surface area contributed by atoms with Gasteiger partial charge in [0.05, 0.1) is 6.61 Å². The van der Waals surface area contributed by atoms with Crippen molar-refractivity contribution in [3.05, 3.63) is 47.3 Å². The fraction of sp³-hybridized carbons (Fsp3) is 0.312. The van der Waals surface area contributed by atoms with E-state index in [4.69, 9.17) is 4.74 Å². The molecule has 9 heteroatoms. The number of hydrogen-bond donors (Lipinski definition) is 3. The third-order valence-corrected chi connectivity index (χ3v) is 5.99. The summed E-state index contributed by atoms with van der Waals surface area (Å²) in [5.41, 5.74) is 0.738. The number of amides is 1.